The zero-order valence-electron chi connectivity index (χ0n) is 14.1. The third kappa shape index (κ3) is 4.03. The summed E-state index contributed by atoms with van der Waals surface area (Å²) in [5.74, 6) is 0.168. The predicted molar refractivity (Wildman–Crippen MR) is 102 cm³/mol. The molecule has 27 heavy (non-hydrogen) atoms. The van der Waals surface area contributed by atoms with Gasteiger partial charge < -0.3 is 10.6 Å². The molecule has 1 aliphatic rings. The number of nitro groups is 1. The number of nitrogens with zero attached hydrogens (tertiary/aromatic N) is 3. The van der Waals surface area contributed by atoms with Crippen LogP contribution in [0.15, 0.2) is 48.0 Å². The Kier molecular flexibility index (Phi) is 4.68. The minimum atomic E-state index is -0.495. The summed E-state index contributed by atoms with van der Waals surface area (Å²) in [6, 6.07) is 10.00. The van der Waals surface area contributed by atoms with Crippen molar-refractivity contribution >= 4 is 28.8 Å². The standard InChI is InChI=1S/C18H16FN5O2S/c19-12-5-3-11(4-6-12)16(15-2-1-9-27-15)22-18-20-10-14(24(25)26)17(23-18)21-13-7-8-13/h1-6,9-10,13,16H,7-8H2,(H2,20,21,22,23)/t16-/m0/s1. The molecule has 0 aliphatic heterocycles. The van der Waals surface area contributed by atoms with Gasteiger partial charge in [0.05, 0.1) is 11.0 Å². The summed E-state index contributed by atoms with van der Waals surface area (Å²) in [4.78, 5) is 20.2. The highest BCUT2D eigenvalue weighted by Gasteiger charge is 2.27. The number of aromatic nitrogens is 2. The molecule has 7 nitrogen and oxygen atoms in total. The first-order chi connectivity index (χ1) is 13.1. The molecular weight excluding hydrogens is 369 g/mol. The quantitative estimate of drug-likeness (QED) is 0.464. The molecular formula is C18H16FN5O2S. The molecule has 0 spiro atoms. The largest absolute Gasteiger partial charge is 0.361 e. The molecule has 1 aliphatic carbocycles. The molecule has 1 atom stereocenters. The van der Waals surface area contributed by atoms with Gasteiger partial charge in [-0.1, -0.05) is 18.2 Å². The van der Waals surface area contributed by atoms with E-state index in [1.165, 1.54) is 18.3 Å². The SMILES string of the molecule is O=[N+]([O-])c1cnc(N[C@@H](c2ccc(F)cc2)c2cccs2)nc1NC1CC1. The number of thiophene rings is 1. The van der Waals surface area contributed by atoms with Gasteiger partial charge in [-0.2, -0.15) is 4.98 Å². The Balaban J connectivity index is 1.66. The Hall–Kier alpha value is -3.07. The number of halogens is 1. The fourth-order valence-corrected chi connectivity index (χ4v) is 3.47. The number of hydrogen-bond acceptors (Lipinski definition) is 7. The summed E-state index contributed by atoms with van der Waals surface area (Å²) < 4.78 is 13.3. The minimum Gasteiger partial charge on any atom is -0.361 e. The van der Waals surface area contributed by atoms with E-state index in [1.54, 1.807) is 23.5 Å². The van der Waals surface area contributed by atoms with Gasteiger partial charge in [-0.05, 0) is 42.0 Å². The molecule has 0 bridgehead atoms. The number of benzene rings is 1. The van der Waals surface area contributed by atoms with Crippen LogP contribution in [0.4, 0.5) is 21.8 Å². The van der Waals surface area contributed by atoms with E-state index in [1.807, 2.05) is 17.5 Å². The normalized spacial score (nSPS) is 14.6. The van der Waals surface area contributed by atoms with E-state index in [9.17, 15) is 14.5 Å². The molecule has 0 radical (unpaired) electrons. The van der Waals surface area contributed by atoms with E-state index in [0.717, 1.165) is 23.3 Å². The average Bonchev–Trinajstić information content (AvgIpc) is 3.30. The number of rotatable bonds is 7. The number of anilines is 2. The van der Waals surface area contributed by atoms with Crippen molar-refractivity contribution in [1.82, 2.24) is 9.97 Å². The van der Waals surface area contributed by atoms with Crippen molar-refractivity contribution in [3.63, 3.8) is 0 Å². The van der Waals surface area contributed by atoms with E-state index in [2.05, 4.69) is 20.6 Å². The maximum atomic E-state index is 13.3. The van der Waals surface area contributed by atoms with Gasteiger partial charge in [0.15, 0.2) is 0 Å². The first-order valence-electron chi connectivity index (χ1n) is 8.43. The predicted octanol–water partition coefficient (Wildman–Crippen LogP) is 4.36. The highest BCUT2D eigenvalue weighted by molar-refractivity contribution is 7.10. The number of hydrogen-bond donors (Lipinski definition) is 2. The van der Waals surface area contributed by atoms with Crippen LogP contribution >= 0.6 is 11.3 Å². The molecule has 9 heteroatoms. The summed E-state index contributed by atoms with van der Waals surface area (Å²) in [6.45, 7) is 0. The Labute approximate surface area is 158 Å². The van der Waals surface area contributed by atoms with Gasteiger partial charge in [0.1, 0.15) is 12.0 Å². The summed E-state index contributed by atoms with van der Waals surface area (Å²) in [5.41, 5.74) is 0.694. The average molecular weight is 385 g/mol. The first-order valence-corrected chi connectivity index (χ1v) is 9.31. The van der Waals surface area contributed by atoms with Crippen LogP contribution in [0.5, 0.6) is 0 Å². The first kappa shape index (κ1) is 17.3. The second-order valence-corrected chi connectivity index (χ2v) is 7.23. The zero-order chi connectivity index (χ0) is 18.8. The highest BCUT2D eigenvalue weighted by Crippen LogP contribution is 2.32. The van der Waals surface area contributed by atoms with Crippen LogP contribution in [0.1, 0.15) is 29.3 Å². The van der Waals surface area contributed by atoms with Gasteiger partial charge in [-0.3, -0.25) is 10.1 Å². The maximum Gasteiger partial charge on any atom is 0.329 e. The highest BCUT2D eigenvalue weighted by atomic mass is 32.1. The van der Waals surface area contributed by atoms with Gasteiger partial charge in [-0.15, -0.1) is 11.3 Å². The smallest absolute Gasteiger partial charge is 0.329 e. The van der Waals surface area contributed by atoms with Crippen molar-refractivity contribution in [3.8, 4) is 0 Å². The lowest BCUT2D eigenvalue weighted by Crippen LogP contribution is -2.15. The van der Waals surface area contributed by atoms with Crippen LogP contribution in [-0.2, 0) is 0 Å². The third-order valence-electron chi connectivity index (χ3n) is 4.19. The van der Waals surface area contributed by atoms with Gasteiger partial charge in [0, 0.05) is 10.9 Å². The lowest BCUT2D eigenvalue weighted by Gasteiger charge is -2.18. The van der Waals surface area contributed by atoms with E-state index in [4.69, 9.17) is 0 Å². The van der Waals surface area contributed by atoms with Crippen molar-refractivity contribution in [2.24, 2.45) is 0 Å². The minimum absolute atomic E-state index is 0.151. The summed E-state index contributed by atoms with van der Waals surface area (Å²) in [7, 11) is 0. The van der Waals surface area contributed by atoms with Crippen LogP contribution in [0.25, 0.3) is 0 Å². The lowest BCUT2D eigenvalue weighted by molar-refractivity contribution is -0.384. The molecule has 2 heterocycles. The molecule has 0 amide bonds. The van der Waals surface area contributed by atoms with E-state index >= 15 is 0 Å². The molecule has 4 rings (SSSR count). The molecule has 2 aromatic heterocycles. The topological polar surface area (TPSA) is 93.0 Å². The maximum absolute atomic E-state index is 13.3. The second kappa shape index (κ2) is 7.28. The molecule has 1 aromatic carbocycles. The summed E-state index contributed by atoms with van der Waals surface area (Å²) in [5, 5.41) is 19.5. The van der Waals surface area contributed by atoms with Gasteiger partial charge >= 0.3 is 5.69 Å². The van der Waals surface area contributed by atoms with Crippen LogP contribution in [0, 0.1) is 15.9 Å². The zero-order valence-corrected chi connectivity index (χ0v) is 14.9. The molecule has 1 saturated carbocycles. The molecule has 138 valence electrons. The Bertz CT molecular complexity index is 945. The molecule has 2 N–H and O–H groups in total. The second-order valence-electron chi connectivity index (χ2n) is 6.25. The fourth-order valence-electron chi connectivity index (χ4n) is 2.66. The van der Waals surface area contributed by atoms with Gasteiger partial charge in [-0.25, -0.2) is 9.37 Å². The Morgan fingerprint density at radius 1 is 1.26 bits per heavy atom. The Morgan fingerprint density at radius 2 is 2.04 bits per heavy atom. The number of nitrogens with one attached hydrogen (secondary N) is 2. The summed E-state index contributed by atoms with van der Waals surface area (Å²) in [6.07, 6.45) is 3.14. The van der Waals surface area contributed by atoms with Crippen LogP contribution in [-0.4, -0.2) is 20.9 Å². The fraction of sp³-hybridized carbons (Fsp3) is 0.222. The van der Waals surface area contributed by atoms with Crippen LogP contribution in [0.2, 0.25) is 0 Å². The van der Waals surface area contributed by atoms with Gasteiger partial charge in [0.25, 0.3) is 0 Å². The van der Waals surface area contributed by atoms with Crippen molar-refractivity contribution in [2.45, 2.75) is 24.9 Å². The van der Waals surface area contributed by atoms with Crippen molar-refractivity contribution in [1.29, 1.82) is 0 Å². The van der Waals surface area contributed by atoms with E-state index < -0.39 is 4.92 Å². The monoisotopic (exact) mass is 385 g/mol. The van der Waals surface area contributed by atoms with Crippen LogP contribution < -0.4 is 10.6 Å². The summed E-state index contributed by atoms with van der Waals surface area (Å²) >= 11 is 1.55. The van der Waals surface area contributed by atoms with Crippen molar-refractivity contribution in [2.75, 3.05) is 10.6 Å². The molecule has 1 fully saturated rings. The van der Waals surface area contributed by atoms with Crippen LogP contribution in [0.3, 0.4) is 0 Å². The molecule has 0 saturated heterocycles. The van der Waals surface area contributed by atoms with E-state index in [-0.39, 0.29) is 35.4 Å². The van der Waals surface area contributed by atoms with Gasteiger partial charge in [0.2, 0.25) is 11.8 Å². The molecule has 3 aromatic rings. The third-order valence-corrected chi connectivity index (χ3v) is 5.13. The van der Waals surface area contributed by atoms with Crippen molar-refractivity contribution in [3.05, 3.63) is 74.3 Å². The van der Waals surface area contributed by atoms with E-state index in [0.29, 0.717) is 0 Å². The van der Waals surface area contributed by atoms with Crippen molar-refractivity contribution < 1.29 is 9.31 Å². The lowest BCUT2D eigenvalue weighted by atomic mass is 10.1. The molecule has 0 unspecified atom stereocenters. The Morgan fingerprint density at radius 3 is 2.67 bits per heavy atom.